The van der Waals surface area contributed by atoms with Gasteiger partial charge >= 0.3 is 12.0 Å². The van der Waals surface area contributed by atoms with Crippen LogP contribution in [0.4, 0.5) is 4.79 Å². The number of carbonyl (C=O) groups excluding carboxylic acids is 1. The first kappa shape index (κ1) is 15.1. The second-order valence-corrected chi connectivity index (χ2v) is 5.89. The molecule has 0 radical (unpaired) electrons. The van der Waals surface area contributed by atoms with Crippen LogP contribution in [-0.4, -0.2) is 53.3 Å². The highest BCUT2D eigenvalue weighted by Gasteiger charge is 2.49. The van der Waals surface area contributed by atoms with Crippen molar-refractivity contribution in [2.24, 2.45) is 5.92 Å². The summed E-state index contributed by atoms with van der Waals surface area (Å²) in [4.78, 5) is 25.4. The Morgan fingerprint density at radius 2 is 2.10 bits per heavy atom. The first-order valence-electron chi connectivity index (χ1n) is 7.39. The smallest absolute Gasteiger partial charge is 0.329 e. The van der Waals surface area contributed by atoms with Gasteiger partial charge in [0.25, 0.3) is 0 Å². The van der Waals surface area contributed by atoms with Crippen LogP contribution in [0.3, 0.4) is 0 Å². The maximum absolute atomic E-state index is 12.3. The van der Waals surface area contributed by atoms with Crippen LogP contribution in [0.5, 0.6) is 0 Å². The molecule has 6 heteroatoms. The zero-order valence-corrected chi connectivity index (χ0v) is 12.2. The minimum Gasteiger partial charge on any atom is -0.480 e. The van der Waals surface area contributed by atoms with E-state index in [1.807, 2.05) is 6.92 Å². The van der Waals surface area contributed by atoms with Crippen molar-refractivity contribution in [2.45, 2.75) is 51.2 Å². The lowest BCUT2D eigenvalue weighted by molar-refractivity contribution is -0.144. The fourth-order valence-electron chi connectivity index (χ4n) is 2.68. The summed E-state index contributed by atoms with van der Waals surface area (Å²) in [5.41, 5.74) is -1.15. The Labute approximate surface area is 119 Å². The molecule has 1 heterocycles. The second-order valence-electron chi connectivity index (χ2n) is 5.89. The van der Waals surface area contributed by atoms with Crippen molar-refractivity contribution in [3.63, 3.8) is 0 Å². The van der Waals surface area contributed by atoms with E-state index in [4.69, 9.17) is 4.74 Å². The third-order valence-electron chi connectivity index (χ3n) is 4.32. The summed E-state index contributed by atoms with van der Waals surface area (Å²) >= 11 is 0. The molecule has 1 aliphatic heterocycles. The fourth-order valence-corrected chi connectivity index (χ4v) is 2.68. The van der Waals surface area contributed by atoms with Crippen LogP contribution in [0, 0.1) is 5.92 Å². The molecule has 0 aromatic rings. The number of likely N-dealkylation sites (N-methyl/N-ethyl adjacent to an activating group) is 1. The highest BCUT2D eigenvalue weighted by atomic mass is 16.5. The van der Waals surface area contributed by atoms with Gasteiger partial charge in [0.1, 0.15) is 5.54 Å². The number of rotatable bonds is 6. The van der Waals surface area contributed by atoms with Gasteiger partial charge in [-0.05, 0) is 45.4 Å². The van der Waals surface area contributed by atoms with Gasteiger partial charge in [0.2, 0.25) is 0 Å². The SMILES string of the molecule is CCN(CC1CCCO1)C(=O)NC(C)(C(=O)O)C1CC1. The van der Waals surface area contributed by atoms with E-state index in [0.29, 0.717) is 13.1 Å². The van der Waals surface area contributed by atoms with Crippen LogP contribution in [0.2, 0.25) is 0 Å². The van der Waals surface area contributed by atoms with Gasteiger partial charge in [-0.1, -0.05) is 0 Å². The van der Waals surface area contributed by atoms with Crippen LogP contribution in [-0.2, 0) is 9.53 Å². The van der Waals surface area contributed by atoms with Crippen LogP contribution < -0.4 is 5.32 Å². The van der Waals surface area contributed by atoms with Gasteiger partial charge in [0.05, 0.1) is 6.10 Å². The van der Waals surface area contributed by atoms with Gasteiger partial charge in [0, 0.05) is 19.7 Å². The Morgan fingerprint density at radius 3 is 2.55 bits per heavy atom. The minimum absolute atomic E-state index is 0.0467. The minimum atomic E-state index is -1.15. The summed E-state index contributed by atoms with van der Waals surface area (Å²) < 4.78 is 5.53. The lowest BCUT2D eigenvalue weighted by Gasteiger charge is -2.31. The van der Waals surface area contributed by atoms with E-state index in [-0.39, 0.29) is 18.1 Å². The molecular formula is C14H24N2O4. The first-order chi connectivity index (χ1) is 9.47. The van der Waals surface area contributed by atoms with Crippen LogP contribution in [0.1, 0.15) is 39.5 Å². The number of urea groups is 1. The average Bonchev–Trinajstić information content (AvgIpc) is 3.14. The van der Waals surface area contributed by atoms with Crippen molar-refractivity contribution in [2.75, 3.05) is 19.7 Å². The topological polar surface area (TPSA) is 78.9 Å². The maximum atomic E-state index is 12.3. The number of nitrogens with zero attached hydrogens (tertiary/aromatic N) is 1. The molecule has 20 heavy (non-hydrogen) atoms. The van der Waals surface area contributed by atoms with Crippen LogP contribution in [0.25, 0.3) is 0 Å². The molecule has 2 aliphatic rings. The summed E-state index contributed by atoms with van der Waals surface area (Å²) in [5.74, 6) is -0.910. The van der Waals surface area contributed by atoms with Crippen molar-refractivity contribution in [1.82, 2.24) is 10.2 Å². The third-order valence-corrected chi connectivity index (χ3v) is 4.32. The van der Waals surface area contributed by atoms with Gasteiger partial charge in [-0.15, -0.1) is 0 Å². The Kier molecular flexibility index (Phi) is 4.52. The number of carboxylic acid groups (broad SMARTS) is 1. The van der Waals surface area contributed by atoms with E-state index < -0.39 is 11.5 Å². The Balaban J connectivity index is 1.95. The normalized spacial score (nSPS) is 25.0. The Bertz CT molecular complexity index is 377. The molecule has 1 saturated carbocycles. The molecule has 2 unspecified atom stereocenters. The molecule has 0 aromatic heterocycles. The summed E-state index contributed by atoms with van der Waals surface area (Å²) in [7, 11) is 0. The van der Waals surface area contributed by atoms with Gasteiger partial charge in [0.15, 0.2) is 0 Å². The number of hydrogen-bond donors (Lipinski definition) is 2. The number of carbonyl (C=O) groups is 2. The number of carboxylic acids is 1. The second kappa shape index (κ2) is 5.99. The average molecular weight is 284 g/mol. The quantitative estimate of drug-likeness (QED) is 0.774. The molecule has 1 aliphatic carbocycles. The van der Waals surface area contributed by atoms with Gasteiger partial charge < -0.3 is 20.1 Å². The van der Waals surface area contributed by atoms with E-state index in [1.54, 1.807) is 11.8 Å². The lowest BCUT2D eigenvalue weighted by Crippen LogP contribution is -2.58. The molecule has 2 amide bonds. The molecule has 2 atom stereocenters. The fraction of sp³-hybridized carbons (Fsp3) is 0.857. The van der Waals surface area contributed by atoms with E-state index in [9.17, 15) is 14.7 Å². The standard InChI is InChI=1S/C14H24N2O4/c1-3-16(9-11-5-4-8-20-11)13(19)15-14(2,12(17)18)10-6-7-10/h10-11H,3-9H2,1-2H3,(H,15,19)(H,17,18). The van der Waals surface area contributed by atoms with Crippen molar-refractivity contribution in [1.29, 1.82) is 0 Å². The zero-order valence-electron chi connectivity index (χ0n) is 12.2. The summed E-state index contributed by atoms with van der Waals surface area (Å²) in [6.45, 7) is 5.32. The molecule has 2 rings (SSSR count). The molecule has 2 fully saturated rings. The van der Waals surface area contributed by atoms with E-state index in [1.165, 1.54) is 0 Å². The molecule has 0 spiro atoms. The predicted octanol–water partition coefficient (Wildman–Crippen LogP) is 1.45. The highest BCUT2D eigenvalue weighted by Crippen LogP contribution is 2.39. The van der Waals surface area contributed by atoms with Gasteiger partial charge in [-0.2, -0.15) is 0 Å². The van der Waals surface area contributed by atoms with Gasteiger partial charge in [-0.3, -0.25) is 0 Å². The number of amides is 2. The van der Waals surface area contributed by atoms with Crippen LogP contribution >= 0.6 is 0 Å². The molecular weight excluding hydrogens is 260 g/mol. The number of nitrogens with one attached hydrogen (secondary N) is 1. The maximum Gasteiger partial charge on any atom is 0.329 e. The first-order valence-corrected chi connectivity index (χ1v) is 7.39. The number of aliphatic carboxylic acids is 1. The van der Waals surface area contributed by atoms with Crippen molar-refractivity contribution in [3.8, 4) is 0 Å². The molecule has 0 bridgehead atoms. The Morgan fingerprint density at radius 1 is 1.40 bits per heavy atom. The molecule has 0 aromatic carbocycles. The molecule has 1 saturated heterocycles. The van der Waals surface area contributed by atoms with E-state index in [2.05, 4.69) is 5.32 Å². The van der Waals surface area contributed by atoms with Crippen LogP contribution in [0.15, 0.2) is 0 Å². The largest absolute Gasteiger partial charge is 0.480 e. The van der Waals surface area contributed by atoms with Crippen molar-refractivity contribution >= 4 is 12.0 Å². The van der Waals surface area contributed by atoms with Crippen molar-refractivity contribution in [3.05, 3.63) is 0 Å². The van der Waals surface area contributed by atoms with Gasteiger partial charge in [-0.25, -0.2) is 9.59 Å². The monoisotopic (exact) mass is 284 g/mol. The molecule has 2 N–H and O–H groups in total. The van der Waals surface area contributed by atoms with Crippen molar-refractivity contribution < 1.29 is 19.4 Å². The summed E-state index contributed by atoms with van der Waals surface area (Å²) in [6, 6.07) is -0.306. The van der Waals surface area contributed by atoms with E-state index in [0.717, 1.165) is 32.3 Å². The summed E-state index contributed by atoms with van der Waals surface area (Å²) in [6.07, 6.45) is 3.79. The summed E-state index contributed by atoms with van der Waals surface area (Å²) in [5, 5.41) is 12.1. The van der Waals surface area contributed by atoms with E-state index >= 15 is 0 Å². The number of ether oxygens (including phenoxy) is 1. The number of hydrogen-bond acceptors (Lipinski definition) is 3. The zero-order chi connectivity index (χ0) is 14.8. The Hall–Kier alpha value is -1.30. The highest BCUT2D eigenvalue weighted by molar-refractivity contribution is 5.86. The molecule has 6 nitrogen and oxygen atoms in total. The predicted molar refractivity (Wildman–Crippen MR) is 73.5 cm³/mol. The lowest BCUT2D eigenvalue weighted by atomic mass is 9.96. The third kappa shape index (κ3) is 3.23. The molecule has 114 valence electrons.